The van der Waals surface area contributed by atoms with Crippen LogP contribution in [0.25, 0.3) is 0 Å². The summed E-state index contributed by atoms with van der Waals surface area (Å²) in [5, 5.41) is 0. The summed E-state index contributed by atoms with van der Waals surface area (Å²) in [7, 11) is 0. The van der Waals surface area contributed by atoms with Crippen molar-refractivity contribution in [2.45, 2.75) is 25.4 Å². The van der Waals surface area contributed by atoms with Crippen LogP contribution in [0.5, 0.6) is 0 Å². The van der Waals surface area contributed by atoms with E-state index >= 15 is 0 Å². The number of rotatable bonds is 2. The maximum absolute atomic E-state index is 12.5. The zero-order valence-electron chi connectivity index (χ0n) is 7.66. The standard InChI is InChI=1S/C10H10ClF3/c1-2-8-4-3-7(6-11)5-9(8)10(12,13)14/h3-5H,2,6H2,1H3. The van der Waals surface area contributed by atoms with Crippen molar-refractivity contribution < 1.29 is 13.2 Å². The maximum Gasteiger partial charge on any atom is 0.416 e. The highest BCUT2D eigenvalue weighted by Gasteiger charge is 2.32. The molecule has 0 unspecified atom stereocenters. The lowest BCUT2D eigenvalue weighted by atomic mass is 10.0. The molecule has 0 nitrogen and oxygen atoms in total. The van der Waals surface area contributed by atoms with Gasteiger partial charge in [-0.3, -0.25) is 0 Å². The van der Waals surface area contributed by atoms with Gasteiger partial charge in [0.05, 0.1) is 5.56 Å². The van der Waals surface area contributed by atoms with E-state index < -0.39 is 11.7 Å². The molecule has 0 aliphatic rings. The Labute approximate surface area is 85.7 Å². The van der Waals surface area contributed by atoms with Crippen LogP contribution in [0.2, 0.25) is 0 Å². The summed E-state index contributed by atoms with van der Waals surface area (Å²) in [6.45, 7) is 1.70. The highest BCUT2D eigenvalue weighted by Crippen LogP contribution is 2.33. The third-order valence-electron chi connectivity index (χ3n) is 2.01. The molecular weight excluding hydrogens is 213 g/mol. The van der Waals surface area contributed by atoms with Crippen LogP contribution in [-0.2, 0) is 18.5 Å². The summed E-state index contributed by atoms with van der Waals surface area (Å²) >= 11 is 5.48. The number of alkyl halides is 4. The highest BCUT2D eigenvalue weighted by molar-refractivity contribution is 6.17. The van der Waals surface area contributed by atoms with Gasteiger partial charge in [-0.15, -0.1) is 11.6 Å². The van der Waals surface area contributed by atoms with Crippen LogP contribution in [0.4, 0.5) is 13.2 Å². The number of hydrogen-bond donors (Lipinski definition) is 0. The van der Waals surface area contributed by atoms with E-state index in [1.807, 2.05) is 0 Å². The van der Waals surface area contributed by atoms with Crippen molar-refractivity contribution >= 4 is 11.6 Å². The molecule has 4 heteroatoms. The fraction of sp³-hybridized carbons (Fsp3) is 0.400. The maximum atomic E-state index is 12.5. The molecule has 78 valence electrons. The summed E-state index contributed by atoms with van der Waals surface area (Å²) in [5.74, 6) is 0.104. The lowest BCUT2D eigenvalue weighted by molar-refractivity contribution is -0.138. The van der Waals surface area contributed by atoms with Gasteiger partial charge in [-0.05, 0) is 23.6 Å². The molecule has 0 bridgehead atoms. The molecule has 0 N–H and O–H groups in total. The van der Waals surface area contributed by atoms with E-state index in [-0.39, 0.29) is 5.88 Å². The number of hydrogen-bond acceptors (Lipinski definition) is 0. The minimum Gasteiger partial charge on any atom is -0.166 e. The minimum atomic E-state index is -4.28. The van der Waals surface area contributed by atoms with Gasteiger partial charge in [0.25, 0.3) is 0 Å². The zero-order valence-corrected chi connectivity index (χ0v) is 8.41. The van der Waals surface area contributed by atoms with Crippen LogP contribution in [0.3, 0.4) is 0 Å². The van der Waals surface area contributed by atoms with Crippen molar-refractivity contribution in [3.8, 4) is 0 Å². The molecule has 1 rings (SSSR count). The first-order valence-corrected chi connectivity index (χ1v) is 4.77. The molecule has 0 aromatic heterocycles. The van der Waals surface area contributed by atoms with Crippen molar-refractivity contribution in [1.82, 2.24) is 0 Å². The Bertz CT molecular complexity index is 318. The second kappa shape index (κ2) is 4.22. The zero-order chi connectivity index (χ0) is 10.8. The van der Waals surface area contributed by atoms with Gasteiger partial charge < -0.3 is 0 Å². The van der Waals surface area contributed by atoms with E-state index in [1.165, 1.54) is 6.07 Å². The molecule has 0 saturated carbocycles. The number of benzene rings is 1. The third kappa shape index (κ3) is 2.41. The number of aryl methyl sites for hydroxylation is 1. The lowest BCUT2D eigenvalue weighted by Gasteiger charge is -2.12. The molecule has 0 aliphatic heterocycles. The Balaban J connectivity index is 3.22. The Kier molecular flexibility index (Phi) is 3.43. The molecule has 0 radical (unpaired) electrons. The predicted octanol–water partition coefficient (Wildman–Crippen LogP) is 4.01. The third-order valence-corrected chi connectivity index (χ3v) is 2.32. The fourth-order valence-electron chi connectivity index (χ4n) is 1.28. The molecule has 0 fully saturated rings. The first-order valence-electron chi connectivity index (χ1n) is 4.24. The van der Waals surface area contributed by atoms with Crippen LogP contribution < -0.4 is 0 Å². The molecule has 14 heavy (non-hydrogen) atoms. The molecule has 0 heterocycles. The van der Waals surface area contributed by atoms with Crippen molar-refractivity contribution in [2.75, 3.05) is 0 Å². The van der Waals surface area contributed by atoms with Crippen molar-refractivity contribution in [3.63, 3.8) is 0 Å². The lowest BCUT2D eigenvalue weighted by Crippen LogP contribution is -2.09. The second-order valence-corrected chi connectivity index (χ2v) is 3.24. The van der Waals surface area contributed by atoms with Crippen LogP contribution in [0, 0.1) is 0 Å². The van der Waals surface area contributed by atoms with E-state index in [0.29, 0.717) is 17.5 Å². The molecule has 0 spiro atoms. The average molecular weight is 223 g/mol. The van der Waals surface area contributed by atoms with E-state index in [0.717, 1.165) is 6.07 Å². The SMILES string of the molecule is CCc1ccc(CCl)cc1C(F)(F)F. The van der Waals surface area contributed by atoms with Gasteiger partial charge in [0, 0.05) is 5.88 Å². The van der Waals surface area contributed by atoms with Crippen LogP contribution >= 0.6 is 11.6 Å². The van der Waals surface area contributed by atoms with Crippen molar-refractivity contribution in [1.29, 1.82) is 0 Å². The Morgan fingerprint density at radius 1 is 1.29 bits per heavy atom. The molecule has 1 aromatic rings. The van der Waals surface area contributed by atoms with E-state index in [2.05, 4.69) is 0 Å². The topological polar surface area (TPSA) is 0 Å². The van der Waals surface area contributed by atoms with Crippen LogP contribution in [0.1, 0.15) is 23.6 Å². The van der Waals surface area contributed by atoms with Gasteiger partial charge in [0.15, 0.2) is 0 Å². The second-order valence-electron chi connectivity index (χ2n) is 2.98. The molecule has 0 amide bonds. The fourth-order valence-corrected chi connectivity index (χ4v) is 1.45. The van der Waals surface area contributed by atoms with Gasteiger partial charge in [-0.1, -0.05) is 19.1 Å². The Morgan fingerprint density at radius 2 is 1.93 bits per heavy atom. The van der Waals surface area contributed by atoms with E-state index in [9.17, 15) is 13.2 Å². The van der Waals surface area contributed by atoms with Crippen LogP contribution in [0.15, 0.2) is 18.2 Å². The number of halogens is 4. The largest absolute Gasteiger partial charge is 0.416 e. The first-order chi connectivity index (χ1) is 6.49. The Hall–Kier alpha value is -0.700. The minimum absolute atomic E-state index is 0.104. The van der Waals surface area contributed by atoms with E-state index in [4.69, 9.17) is 11.6 Å². The van der Waals surface area contributed by atoms with Gasteiger partial charge in [-0.25, -0.2) is 0 Å². The summed E-state index contributed by atoms with van der Waals surface area (Å²) in [6, 6.07) is 4.23. The predicted molar refractivity (Wildman–Crippen MR) is 50.4 cm³/mol. The van der Waals surface area contributed by atoms with Gasteiger partial charge >= 0.3 is 6.18 Å². The molecule has 0 saturated heterocycles. The molecular formula is C10H10ClF3. The van der Waals surface area contributed by atoms with Gasteiger partial charge in [0.2, 0.25) is 0 Å². The highest BCUT2D eigenvalue weighted by atomic mass is 35.5. The summed E-state index contributed by atoms with van der Waals surface area (Å²) in [6.07, 6.45) is -3.91. The van der Waals surface area contributed by atoms with Gasteiger partial charge in [-0.2, -0.15) is 13.2 Å². The average Bonchev–Trinajstić information content (AvgIpc) is 2.15. The Morgan fingerprint density at radius 3 is 2.36 bits per heavy atom. The normalized spacial score (nSPS) is 11.8. The summed E-state index contributed by atoms with van der Waals surface area (Å²) in [4.78, 5) is 0. The van der Waals surface area contributed by atoms with Crippen molar-refractivity contribution in [3.05, 3.63) is 34.9 Å². The quantitative estimate of drug-likeness (QED) is 0.664. The van der Waals surface area contributed by atoms with Crippen LogP contribution in [-0.4, -0.2) is 0 Å². The summed E-state index contributed by atoms with van der Waals surface area (Å²) in [5.41, 5.74) is 0.237. The van der Waals surface area contributed by atoms with Crippen molar-refractivity contribution in [2.24, 2.45) is 0 Å². The summed E-state index contributed by atoms with van der Waals surface area (Å²) < 4.78 is 37.5. The molecule has 0 aliphatic carbocycles. The van der Waals surface area contributed by atoms with E-state index in [1.54, 1.807) is 13.0 Å². The molecule has 1 aromatic carbocycles. The first kappa shape index (κ1) is 11.4. The monoisotopic (exact) mass is 222 g/mol. The van der Waals surface area contributed by atoms with Gasteiger partial charge in [0.1, 0.15) is 0 Å². The smallest absolute Gasteiger partial charge is 0.166 e. The molecule has 0 atom stereocenters.